The average Bonchev–Trinajstić information content (AvgIpc) is 3.24. The van der Waals surface area contributed by atoms with E-state index in [2.05, 4.69) is 34.6 Å². The standard InChI is InChI=1S/C23H16N4OS/c24-12-17(13-26-18-10-8-16(9-11-18)22(25)28)23-27-21(14-29-23)20-7-3-5-15-4-1-2-6-19(15)20/h1-11,13-14,26H,(H2,25,28)/b17-13+. The van der Waals surface area contributed by atoms with E-state index in [9.17, 15) is 10.1 Å². The lowest BCUT2D eigenvalue weighted by atomic mass is 10.0. The van der Waals surface area contributed by atoms with Gasteiger partial charge >= 0.3 is 0 Å². The molecule has 0 fully saturated rings. The number of nitrogens with one attached hydrogen (secondary N) is 1. The number of anilines is 1. The van der Waals surface area contributed by atoms with Gasteiger partial charge in [0.25, 0.3) is 0 Å². The highest BCUT2D eigenvalue weighted by Crippen LogP contribution is 2.31. The zero-order valence-corrected chi connectivity index (χ0v) is 16.1. The molecule has 4 aromatic rings. The number of primary amides is 1. The molecular formula is C23H16N4OS. The van der Waals surface area contributed by atoms with Gasteiger partial charge in [0.1, 0.15) is 16.6 Å². The molecule has 0 saturated carbocycles. The van der Waals surface area contributed by atoms with Crippen molar-refractivity contribution in [2.75, 3.05) is 5.32 Å². The number of rotatable bonds is 5. The third-order valence-corrected chi connectivity index (χ3v) is 5.35. The molecule has 0 aliphatic heterocycles. The van der Waals surface area contributed by atoms with Crippen molar-refractivity contribution in [1.29, 1.82) is 5.26 Å². The van der Waals surface area contributed by atoms with Gasteiger partial charge in [-0.05, 0) is 35.0 Å². The second-order valence-electron chi connectivity index (χ2n) is 6.32. The number of nitrogens with two attached hydrogens (primary N) is 1. The zero-order valence-electron chi connectivity index (χ0n) is 15.3. The van der Waals surface area contributed by atoms with E-state index < -0.39 is 5.91 Å². The van der Waals surface area contributed by atoms with Crippen LogP contribution in [0.4, 0.5) is 5.69 Å². The zero-order chi connectivity index (χ0) is 20.2. The summed E-state index contributed by atoms with van der Waals surface area (Å²) < 4.78 is 0. The van der Waals surface area contributed by atoms with Gasteiger partial charge in [0.2, 0.25) is 5.91 Å². The minimum absolute atomic E-state index is 0.430. The number of carbonyl (C=O) groups excluding carboxylic acids is 1. The predicted octanol–water partition coefficient (Wildman–Crippen LogP) is 5.04. The molecule has 29 heavy (non-hydrogen) atoms. The van der Waals surface area contributed by atoms with Crippen LogP contribution in [0, 0.1) is 11.3 Å². The molecular weight excluding hydrogens is 380 g/mol. The van der Waals surface area contributed by atoms with Crippen LogP contribution in [0.15, 0.2) is 78.3 Å². The molecule has 140 valence electrons. The van der Waals surface area contributed by atoms with Gasteiger partial charge in [-0.15, -0.1) is 11.3 Å². The van der Waals surface area contributed by atoms with Crippen molar-refractivity contribution < 1.29 is 4.79 Å². The van der Waals surface area contributed by atoms with Crippen LogP contribution < -0.4 is 11.1 Å². The normalized spacial score (nSPS) is 11.2. The molecule has 0 aliphatic rings. The quantitative estimate of drug-likeness (QED) is 0.462. The summed E-state index contributed by atoms with van der Waals surface area (Å²) in [6.45, 7) is 0. The SMILES string of the molecule is N#C/C(=C\Nc1ccc(C(N)=O)cc1)c1nc(-c2cccc3ccccc23)cs1. The Morgan fingerprint density at radius 1 is 1.07 bits per heavy atom. The van der Waals surface area contributed by atoms with Crippen molar-refractivity contribution >= 4 is 39.3 Å². The van der Waals surface area contributed by atoms with E-state index in [1.807, 2.05) is 29.6 Å². The topological polar surface area (TPSA) is 91.8 Å². The van der Waals surface area contributed by atoms with Gasteiger partial charge in [-0.2, -0.15) is 5.26 Å². The number of nitrogens with zero attached hydrogens (tertiary/aromatic N) is 2. The number of thiazole rings is 1. The summed E-state index contributed by atoms with van der Waals surface area (Å²) in [5, 5.41) is 17.5. The van der Waals surface area contributed by atoms with Gasteiger partial charge in [0.15, 0.2) is 0 Å². The van der Waals surface area contributed by atoms with Crippen LogP contribution in [0.25, 0.3) is 27.6 Å². The molecule has 0 aliphatic carbocycles. The number of hydrogen-bond acceptors (Lipinski definition) is 5. The van der Waals surface area contributed by atoms with Crippen molar-refractivity contribution in [3.8, 4) is 17.3 Å². The first kappa shape index (κ1) is 18.4. The fourth-order valence-corrected chi connectivity index (χ4v) is 3.78. The van der Waals surface area contributed by atoms with E-state index in [4.69, 9.17) is 5.73 Å². The third kappa shape index (κ3) is 3.86. The Kier molecular flexibility index (Phi) is 5.06. The summed E-state index contributed by atoms with van der Waals surface area (Å²) in [5.41, 5.74) is 8.73. The highest BCUT2D eigenvalue weighted by molar-refractivity contribution is 7.11. The molecule has 1 heterocycles. The van der Waals surface area contributed by atoms with Gasteiger partial charge in [0, 0.05) is 28.4 Å². The van der Waals surface area contributed by atoms with E-state index in [1.165, 1.54) is 11.3 Å². The highest BCUT2D eigenvalue weighted by atomic mass is 32.1. The monoisotopic (exact) mass is 396 g/mol. The van der Waals surface area contributed by atoms with Crippen molar-refractivity contribution in [1.82, 2.24) is 4.98 Å². The van der Waals surface area contributed by atoms with E-state index in [0.29, 0.717) is 16.1 Å². The summed E-state index contributed by atoms with van der Waals surface area (Å²) in [4.78, 5) is 15.8. The van der Waals surface area contributed by atoms with Crippen LogP contribution in [-0.2, 0) is 0 Å². The Labute approximate surface area is 171 Å². The molecule has 0 radical (unpaired) electrons. The van der Waals surface area contributed by atoms with Crippen LogP contribution in [-0.4, -0.2) is 10.9 Å². The lowest BCUT2D eigenvalue weighted by molar-refractivity contribution is 0.100. The third-order valence-electron chi connectivity index (χ3n) is 4.47. The van der Waals surface area contributed by atoms with Gasteiger partial charge in [-0.1, -0.05) is 42.5 Å². The molecule has 3 N–H and O–H groups in total. The maximum atomic E-state index is 11.2. The fourth-order valence-electron chi connectivity index (χ4n) is 3.00. The second kappa shape index (κ2) is 7.97. The second-order valence-corrected chi connectivity index (χ2v) is 7.18. The van der Waals surface area contributed by atoms with E-state index >= 15 is 0 Å². The van der Waals surface area contributed by atoms with Crippen LogP contribution in [0.2, 0.25) is 0 Å². The Morgan fingerprint density at radius 2 is 1.83 bits per heavy atom. The summed E-state index contributed by atoms with van der Waals surface area (Å²) >= 11 is 1.42. The lowest BCUT2D eigenvalue weighted by Gasteiger charge is -2.04. The molecule has 0 spiro atoms. The number of amides is 1. The van der Waals surface area contributed by atoms with Crippen molar-refractivity contribution in [3.05, 3.63) is 88.9 Å². The molecule has 1 amide bonds. The summed E-state index contributed by atoms with van der Waals surface area (Å²) in [7, 11) is 0. The lowest BCUT2D eigenvalue weighted by Crippen LogP contribution is -2.10. The average molecular weight is 396 g/mol. The summed E-state index contributed by atoms with van der Waals surface area (Å²) in [6.07, 6.45) is 1.62. The van der Waals surface area contributed by atoms with Crippen LogP contribution in [0.1, 0.15) is 15.4 Å². The first-order chi connectivity index (χ1) is 14.2. The predicted molar refractivity (Wildman–Crippen MR) is 117 cm³/mol. The number of carbonyl (C=O) groups is 1. The van der Waals surface area contributed by atoms with E-state index in [1.54, 1.807) is 30.5 Å². The Morgan fingerprint density at radius 3 is 2.59 bits per heavy atom. The van der Waals surface area contributed by atoms with Gasteiger partial charge in [-0.25, -0.2) is 4.98 Å². The van der Waals surface area contributed by atoms with Gasteiger partial charge in [-0.3, -0.25) is 4.79 Å². The van der Waals surface area contributed by atoms with E-state index in [0.717, 1.165) is 27.7 Å². The molecule has 3 aromatic carbocycles. The summed E-state index contributed by atoms with van der Waals surface area (Å²) in [6, 6.07) is 23.2. The van der Waals surface area contributed by atoms with Crippen molar-refractivity contribution in [2.45, 2.75) is 0 Å². The maximum absolute atomic E-state index is 11.2. The van der Waals surface area contributed by atoms with Gasteiger partial charge < -0.3 is 11.1 Å². The fraction of sp³-hybridized carbons (Fsp3) is 0. The molecule has 4 rings (SSSR count). The van der Waals surface area contributed by atoms with Crippen LogP contribution in [0.5, 0.6) is 0 Å². The van der Waals surface area contributed by atoms with Crippen LogP contribution in [0.3, 0.4) is 0 Å². The first-order valence-electron chi connectivity index (χ1n) is 8.86. The molecule has 5 nitrogen and oxygen atoms in total. The number of fused-ring (bicyclic) bond motifs is 1. The Hall–Kier alpha value is -3.95. The molecule has 0 bridgehead atoms. The smallest absolute Gasteiger partial charge is 0.248 e. The summed E-state index contributed by atoms with van der Waals surface area (Å²) in [5.74, 6) is -0.478. The largest absolute Gasteiger partial charge is 0.366 e. The number of hydrogen-bond donors (Lipinski definition) is 2. The van der Waals surface area contributed by atoms with Crippen molar-refractivity contribution in [2.24, 2.45) is 5.73 Å². The Bertz CT molecular complexity index is 1260. The molecule has 0 atom stereocenters. The maximum Gasteiger partial charge on any atom is 0.248 e. The number of nitriles is 1. The number of aromatic nitrogens is 1. The molecule has 6 heteroatoms. The number of benzene rings is 3. The molecule has 0 saturated heterocycles. The van der Waals surface area contributed by atoms with Crippen LogP contribution >= 0.6 is 11.3 Å². The minimum atomic E-state index is -0.478. The molecule has 0 unspecified atom stereocenters. The first-order valence-corrected chi connectivity index (χ1v) is 9.74. The van der Waals surface area contributed by atoms with E-state index in [-0.39, 0.29) is 0 Å². The van der Waals surface area contributed by atoms with Crippen molar-refractivity contribution in [3.63, 3.8) is 0 Å². The highest BCUT2D eigenvalue weighted by Gasteiger charge is 2.11. The molecule has 1 aromatic heterocycles. The number of allylic oxidation sites excluding steroid dienone is 1. The van der Waals surface area contributed by atoms with Gasteiger partial charge in [0.05, 0.1) is 5.69 Å². The Balaban J connectivity index is 1.61. The minimum Gasteiger partial charge on any atom is -0.366 e.